The Kier molecular flexibility index (Phi) is 8.19. The predicted octanol–water partition coefficient (Wildman–Crippen LogP) is 2.52. The molecule has 148 valence electrons. The van der Waals surface area contributed by atoms with Crippen LogP contribution in [-0.2, 0) is 7.05 Å². The van der Waals surface area contributed by atoms with Crippen molar-refractivity contribution in [3.05, 3.63) is 18.0 Å². The van der Waals surface area contributed by atoms with Gasteiger partial charge in [0.15, 0.2) is 5.96 Å². The maximum absolute atomic E-state index is 4.53. The van der Waals surface area contributed by atoms with Crippen LogP contribution in [0.1, 0.15) is 44.6 Å². The van der Waals surface area contributed by atoms with E-state index in [1.165, 1.54) is 37.9 Å². The molecule has 6 nitrogen and oxygen atoms in total. The highest BCUT2D eigenvalue weighted by Gasteiger charge is 2.27. The van der Waals surface area contributed by atoms with Gasteiger partial charge in [-0.25, -0.2) is 0 Å². The number of aromatic nitrogens is 2. The van der Waals surface area contributed by atoms with Gasteiger partial charge in [-0.2, -0.15) is 5.10 Å². The zero-order valence-corrected chi connectivity index (χ0v) is 19.0. The minimum Gasteiger partial charge on any atom is -0.355 e. The molecule has 2 saturated heterocycles. The Hall–Kier alpha value is -0.830. The summed E-state index contributed by atoms with van der Waals surface area (Å²) in [5, 5.41) is 7.93. The van der Waals surface area contributed by atoms with Crippen LogP contribution in [-0.4, -0.2) is 71.4 Å². The number of hydrogen-bond acceptors (Lipinski definition) is 3. The van der Waals surface area contributed by atoms with Gasteiger partial charge in [-0.15, -0.1) is 24.0 Å². The van der Waals surface area contributed by atoms with Crippen molar-refractivity contribution in [3.63, 3.8) is 0 Å². The Morgan fingerprint density at radius 2 is 2.15 bits per heavy atom. The standard InChI is InChI=1S/C19H34N6.HI/c1-15-6-5-8-24(12-15)16(2)10-21-19(20-3)25-9-7-17(14-25)18-11-22-23(4)13-18;/h11,13,15-17H,5-10,12,14H2,1-4H3,(H,20,21);1H. The van der Waals surface area contributed by atoms with Crippen molar-refractivity contribution in [2.24, 2.45) is 18.0 Å². The normalized spacial score (nSPS) is 25.8. The van der Waals surface area contributed by atoms with E-state index in [1.807, 2.05) is 25.0 Å². The molecule has 0 bridgehead atoms. The van der Waals surface area contributed by atoms with Gasteiger partial charge in [0, 0.05) is 58.4 Å². The van der Waals surface area contributed by atoms with Crippen LogP contribution in [0.5, 0.6) is 0 Å². The van der Waals surface area contributed by atoms with Crippen molar-refractivity contribution < 1.29 is 0 Å². The van der Waals surface area contributed by atoms with Gasteiger partial charge >= 0.3 is 0 Å². The summed E-state index contributed by atoms with van der Waals surface area (Å²) in [7, 11) is 3.88. The van der Waals surface area contributed by atoms with Gasteiger partial charge in [0.2, 0.25) is 0 Å². The number of rotatable bonds is 4. The predicted molar refractivity (Wildman–Crippen MR) is 118 cm³/mol. The fourth-order valence-electron chi connectivity index (χ4n) is 4.20. The number of likely N-dealkylation sites (tertiary alicyclic amines) is 2. The number of piperidine rings is 1. The molecule has 3 unspecified atom stereocenters. The Labute approximate surface area is 175 Å². The maximum Gasteiger partial charge on any atom is 0.193 e. The van der Waals surface area contributed by atoms with Crippen molar-refractivity contribution in [2.45, 2.75) is 45.1 Å². The number of aryl methyl sites for hydroxylation is 1. The lowest BCUT2D eigenvalue weighted by atomic mass is 9.99. The zero-order valence-electron chi connectivity index (χ0n) is 16.7. The van der Waals surface area contributed by atoms with Crippen molar-refractivity contribution >= 4 is 29.9 Å². The van der Waals surface area contributed by atoms with Gasteiger partial charge in [0.25, 0.3) is 0 Å². The lowest BCUT2D eigenvalue weighted by molar-refractivity contribution is 0.139. The molecule has 3 heterocycles. The molecule has 7 heteroatoms. The van der Waals surface area contributed by atoms with Crippen molar-refractivity contribution in [2.75, 3.05) is 39.8 Å². The topological polar surface area (TPSA) is 48.7 Å². The Morgan fingerprint density at radius 1 is 1.35 bits per heavy atom. The fraction of sp³-hybridized carbons (Fsp3) is 0.789. The quantitative estimate of drug-likeness (QED) is 0.414. The summed E-state index contributed by atoms with van der Waals surface area (Å²) in [4.78, 5) is 9.54. The van der Waals surface area contributed by atoms with Crippen LogP contribution in [0.25, 0.3) is 0 Å². The molecule has 3 rings (SSSR count). The number of hydrogen-bond donors (Lipinski definition) is 1. The summed E-state index contributed by atoms with van der Waals surface area (Å²) in [6.07, 6.45) is 8.03. The van der Waals surface area contributed by atoms with E-state index >= 15 is 0 Å². The molecular formula is C19H35IN6. The molecule has 2 aliphatic heterocycles. The Balaban J connectivity index is 0.00000243. The highest BCUT2D eigenvalue weighted by atomic mass is 127. The van der Waals surface area contributed by atoms with Crippen LogP contribution in [0.4, 0.5) is 0 Å². The van der Waals surface area contributed by atoms with E-state index in [0.717, 1.165) is 31.5 Å². The number of aliphatic imine (C=N–C) groups is 1. The second kappa shape index (κ2) is 9.92. The van der Waals surface area contributed by atoms with E-state index in [-0.39, 0.29) is 24.0 Å². The third-order valence-corrected chi connectivity index (χ3v) is 5.76. The molecule has 0 spiro atoms. The molecule has 1 aromatic rings. The van der Waals surface area contributed by atoms with Gasteiger partial charge in [-0.3, -0.25) is 14.6 Å². The van der Waals surface area contributed by atoms with Gasteiger partial charge in [0.1, 0.15) is 0 Å². The number of nitrogens with zero attached hydrogens (tertiary/aromatic N) is 5. The SMILES string of the molecule is CN=C(NCC(C)N1CCCC(C)C1)N1CCC(c2cnn(C)c2)C1.I. The molecule has 1 N–H and O–H groups in total. The van der Waals surface area contributed by atoms with Gasteiger partial charge < -0.3 is 10.2 Å². The van der Waals surface area contributed by atoms with Gasteiger partial charge in [-0.1, -0.05) is 6.92 Å². The van der Waals surface area contributed by atoms with Crippen LogP contribution >= 0.6 is 24.0 Å². The second-order valence-electron chi connectivity index (χ2n) is 7.90. The van der Waals surface area contributed by atoms with Crippen LogP contribution in [0, 0.1) is 5.92 Å². The zero-order chi connectivity index (χ0) is 17.8. The molecule has 0 aromatic carbocycles. The molecule has 2 fully saturated rings. The van der Waals surface area contributed by atoms with Crippen LogP contribution in [0.2, 0.25) is 0 Å². The van der Waals surface area contributed by atoms with E-state index in [9.17, 15) is 0 Å². The monoisotopic (exact) mass is 474 g/mol. The lowest BCUT2D eigenvalue weighted by Gasteiger charge is -2.36. The first kappa shape index (κ1) is 21.5. The van der Waals surface area contributed by atoms with Crippen LogP contribution in [0.3, 0.4) is 0 Å². The number of guanidine groups is 1. The van der Waals surface area contributed by atoms with Crippen molar-refractivity contribution in [1.29, 1.82) is 0 Å². The number of halogens is 1. The Morgan fingerprint density at radius 3 is 2.81 bits per heavy atom. The van der Waals surface area contributed by atoms with E-state index < -0.39 is 0 Å². The largest absolute Gasteiger partial charge is 0.355 e. The smallest absolute Gasteiger partial charge is 0.193 e. The summed E-state index contributed by atoms with van der Waals surface area (Å²) < 4.78 is 1.90. The lowest BCUT2D eigenvalue weighted by Crippen LogP contribution is -2.49. The average Bonchev–Trinajstić information content (AvgIpc) is 3.24. The summed E-state index contributed by atoms with van der Waals surface area (Å²) in [6, 6.07) is 0.552. The molecule has 3 atom stereocenters. The third-order valence-electron chi connectivity index (χ3n) is 5.76. The van der Waals surface area contributed by atoms with Crippen LogP contribution in [0.15, 0.2) is 17.4 Å². The molecule has 1 aromatic heterocycles. The summed E-state index contributed by atoms with van der Waals surface area (Å²) in [5.41, 5.74) is 1.34. The molecule has 0 aliphatic carbocycles. The first-order valence-corrected chi connectivity index (χ1v) is 9.75. The van der Waals surface area contributed by atoms with Crippen molar-refractivity contribution in [3.8, 4) is 0 Å². The fourth-order valence-corrected chi connectivity index (χ4v) is 4.20. The van der Waals surface area contributed by atoms with Crippen molar-refractivity contribution in [1.82, 2.24) is 24.9 Å². The highest BCUT2D eigenvalue weighted by molar-refractivity contribution is 14.0. The Bertz CT molecular complexity index is 586. The van der Waals surface area contributed by atoms with E-state index in [4.69, 9.17) is 0 Å². The molecule has 26 heavy (non-hydrogen) atoms. The summed E-state index contributed by atoms with van der Waals surface area (Å²) in [6.45, 7) is 10.2. The highest BCUT2D eigenvalue weighted by Crippen LogP contribution is 2.26. The van der Waals surface area contributed by atoms with E-state index in [1.54, 1.807) is 0 Å². The summed E-state index contributed by atoms with van der Waals surface area (Å²) >= 11 is 0. The number of nitrogens with one attached hydrogen (secondary N) is 1. The minimum atomic E-state index is 0. The van der Waals surface area contributed by atoms with E-state index in [0.29, 0.717) is 12.0 Å². The first-order valence-electron chi connectivity index (χ1n) is 9.75. The average molecular weight is 474 g/mol. The van der Waals surface area contributed by atoms with Gasteiger partial charge in [-0.05, 0) is 44.2 Å². The second-order valence-corrected chi connectivity index (χ2v) is 7.90. The molecule has 0 amide bonds. The molecule has 2 aliphatic rings. The molecular weight excluding hydrogens is 439 g/mol. The van der Waals surface area contributed by atoms with E-state index in [2.05, 4.69) is 45.3 Å². The first-order chi connectivity index (χ1) is 12.1. The minimum absolute atomic E-state index is 0. The van der Waals surface area contributed by atoms with Gasteiger partial charge in [0.05, 0.1) is 6.20 Å². The maximum atomic E-state index is 4.53. The third kappa shape index (κ3) is 5.34. The molecule has 0 radical (unpaired) electrons. The van der Waals surface area contributed by atoms with Crippen LogP contribution < -0.4 is 5.32 Å². The summed E-state index contributed by atoms with van der Waals surface area (Å²) in [5.74, 6) is 2.44. The molecule has 0 saturated carbocycles.